The summed E-state index contributed by atoms with van der Waals surface area (Å²) in [4.78, 5) is 23.9. The number of carbonyl (C=O) groups is 1. The second-order valence-corrected chi connectivity index (χ2v) is 2.51. The molecule has 0 atom stereocenters. The van der Waals surface area contributed by atoms with Crippen LogP contribution in [0.2, 0.25) is 0 Å². The molecule has 0 spiro atoms. The number of aromatic carboxylic acids is 1. The minimum Gasteiger partial charge on any atom is -0.478 e. The minimum absolute atomic E-state index is 0.183. The van der Waals surface area contributed by atoms with Gasteiger partial charge in [-0.1, -0.05) is 0 Å². The van der Waals surface area contributed by atoms with E-state index in [0.717, 1.165) is 0 Å². The quantitative estimate of drug-likeness (QED) is 0.551. The van der Waals surface area contributed by atoms with Gasteiger partial charge in [0, 0.05) is 0 Å². The van der Waals surface area contributed by atoms with Crippen molar-refractivity contribution < 1.29 is 14.7 Å². The smallest absolute Gasteiger partial charge is 0.335 e. The maximum atomic E-state index is 10.5. The molecule has 0 aromatic heterocycles. The molecule has 0 aliphatic carbocycles. The molecule has 4 nitrogen and oxygen atoms in total. The van der Waals surface area contributed by atoms with Crippen molar-refractivity contribution in [1.82, 2.24) is 0 Å². The molecule has 0 radical (unpaired) electrons. The van der Waals surface area contributed by atoms with Crippen LogP contribution in [0.3, 0.4) is 0 Å². The summed E-state index contributed by atoms with van der Waals surface area (Å²) < 4.78 is 0. The molecule has 0 heterocycles. The van der Waals surface area contributed by atoms with Gasteiger partial charge in [-0.25, -0.2) is 9.59 Å². The van der Waals surface area contributed by atoms with Gasteiger partial charge in [0.2, 0.25) is 6.08 Å². The molecule has 66 valence electrons. The summed E-state index contributed by atoms with van der Waals surface area (Å²) in [6, 6.07) is 4.33. The summed E-state index contributed by atoms with van der Waals surface area (Å²) in [5.74, 6) is -0.996. The number of aryl methyl sites for hydroxylation is 1. The van der Waals surface area contributed by atoms with Gasteiger partial charge in [0.1, 0.15) is 0 Å². The fraction of sp³-hybridized carbons (Fsp3) is 0.111. The van der Waals surface area contributed by atoms with Gasteiger partial charge >= 0.3 is 5.97 Å². The van der Waals surface area contributed by atoms with Gasteiger partial charge in [-0.3, -0.25) is 0 Å². The SMILES string of the molecule is Cc1cc(C(=O)O)ccc1N=C=O. The molecular weight excluding hydrogens is 170 g/mol. The molecule has 0 bridgehead atoms. The summed E-state index contributed by atoms with van der Waals surface area (Å²) >= 11 is 0. The van der Waals surface area contributed by atoms with Crippen molar-refractivity contribution in [3.8, 4) is 0 Å². The topological polar surface area (TPSA) is 66.7 Å². The van der Waals surface area contributed by atoms with Crippen LogP contribution < -0.4 is 0 Å². The van der Waals surface area contributed by atoms with Crippen LogP contribution in [-0.4, -0.2) is 17.2 Å². The van der Waals surface area contributed by atoms with Crippen LogP contribution in [0.5, 0.6) is 0 Å². The molecule has 1 N–H and O–H groups in total. The van der Waals surface area contributed by atoms with Crippen molar-refractivity contribution >= 4 is 17.7 Å². The Balaban J connectivity index is 3.19. The third kappa shape index (κ3) is 2.01. The number of hydrogen-bond donors (Lipinski definition) is 1. The van der Waals surface area contributed by atoms with Gasteiger partial charge in [0.15, 0.2) is 0 Å². The maximum Gasteiger partial charge on any atom is 0.335 e. The molecule has 4 heteroatoms. The van der Waals surface area contributed by atoms with Crippen LogP contribution in [0, 0.1) is 6.92 Å². The van der Waals surface area contributed by atoms with E-state index in [-0.39, 0.29) is 5.56 Å². The molecule has 0 unspecified atom stereocenters. The van der Waals surface area contributed by atoms with E-state index >= 15 is 0 Å². The van der Waals surface area contributed by atoms with Crippen LogP contribution in [0.15, 0.2) is 23.2 Å². The second-order valence-electron chi connectivity index (χ2n) is 2.51. The molecule has 0 amide bonds. The van der Waals surface area contributed by atoms with E-state index in [1.165, 1.54) is 24.3 Å². The fourth-order valence-electron chi connectivity index (χ4n) is 0.963. The Bertz CT molecular complexity index is 392. The van der Waals surface area contributed by atoms with E-state index in [9.17, 15) is 9.59 Å². The highest BCUT2D eigenvalue weighted by atomic mass is 16.4. The zero-order valence-electron chi connectivity index (χ0n) is 6.94. The Kier molecular flexibility index (Phi) is 2.57. The van der Waals surface area contributed by atoms with Gasteiger partial charge in [0.25, 0.3) is 0 Å². The highest BCUT2D eigenvalue weighted by Gasteiger charge is 2.04. The number of rotatable bonds is 2. The van der Waals surface area contributed by atoms with Gasteiger partial charge in [0.05, 0.1) is 11.3 Å². The second kappa shape index (κ2) is 3.65. The first-order valence-corrected chi connectivity index (χ1v) is 3.57. The molecule has 0 aliphatic rings. The summed E-state index contributed by atoms with van der Waals surface area (Å²) in [6.07, 6.45) is 1.40. The predicted molar refractivity (Wildman–Crippen MR) is 45.9 cm³/mol. The zero-order valence-corrected chi connectivity index (χ0v) is 6.94. The van der Waals surface area contributed by atoms with E-state index in [1.807, 2.05) is 0 Å². The van der Waals surface area contributed by atoms with Crippen molar-refractivity contribution in [3.63, 3.8) is 0 Å². The van der Waals surface area contributed by atoms with Crippen molar-refractivity contribution in [2.45, 2.75) is 6.92 Å². The van der Waals surface area contributed by atoms with Crippen molar-refractivity contribution in [2.24, 2.45) is 4.99 Å². The molecule has 0 saturated carbocycles. The lowest BCUT2D eigenvalue weighted by Crippen LogP contribution is -1.95. The molecule has 13 heavy (non-hydrogen) atoms. The summed E-state index contributed by atoms with van der Waals surface area (Å²) in [5, 5.41) is 8.62. The molecule has 0 saturated heterocycles. The Labute approximate surface area is 74.5 Å². The van der Waals surface area contributed by atoms with Crippen LogP contribution in [-0.2, 0) is 4.79 Å². The normalized spacial score (nSPS) is 9.00. The largest absolute Gasteiger partial charge is 0.478 e. The zero-order chi connectivity index (χ0) is 9.84. The summed E-state index contributed by atoms with van der Waals surface area (Å²) in [5.41, 5.74) is 1.27. The third-order valence-corrected chi connectivity index (χ3v) is 1.61. The highest BCUT2D eigenvalue weighted by molar-refractivity contribution is 5.88. The van der Waals surface area contributed by atoms with Crippen LogP contribution in [0.25, 0.3) is 0 Å². The van der Waals surface area contributed by atoms with E-state index in [1.54, 1.807) is 6.92 Å². The molecule has 0 aliphatic heterocycles. The number of isocyanates is 1. The lowest BCUT2D eigenvalue weighted by Gasteiger charge is -1.98. The van der Waals surface area contributed by atoms with Crippen molar-refractivity contribution in [3.05, 3.63) is 29.3 Å². The molecular formula is C9H7NO3. The standard InChI is InChI=1S/C9H7NO3/c1-6-4-7(9(12)13)2-3-8(6)10-5-11/h2-4H,1H3,(H,12,13). The average molecular weight is 177 g/mol. The van der Waals surface area contributed by atoms with Crippen LogP contribution in [0.4, 0.5) is 5.69 Å². The number of benzene rings is 1. The monoisotopic (exact) mass is 177 g/mol. The highest BCUT2D eigenvalue weighted by Crippen LogP contribution is 2.18. The fourth-order valence-corrected chi connectivity index (χ4v) is 0.963. The Morgan fingerprint density at radius 3 is 2.69 bits per heavy atom. The Morgan fingerprint density at radius 1 is 1.54 bits per heavy atom. The van der Waals surface area contributed by atoms with E-state index in [4.69, 9.17) is 5.11 Å². The van der Waals surface area contributed by atoms with Crippen molar-refractivity contribution in [2.75, 3.05) is 0 Å². The first-order valence-electron chi connectivity index (χ1n) is 3.57. The number of aliphatic imine (C=N–C) groups is 1. The average Bonchev–Trinajstić information content (AvgIpc) is 2.08. The lowest BCUT2D eigenvalue weighted by atomic mass is 10.1. The lowest BCUT2D eigenvalue weighted by molar-refractivity contribution is 0.0697. The number of carboxylic acid groups (broad SMARTS) is 1. The molecule has 0 fully saturated rings. The van der Waals surface area contributed by atoms with Gasteiger partial charge < -0.3 is 5.11 Å². The maximum absolute atomic E-state index is 10.5. The van der Waals surface area contributed by atoms with Gasteiger partial charge in [-0.05, 0) is 30.7 Å². The van der Waals surface area contributed by atoms with Crippen LogP contribution >= 0.6 is 0 Å². The van der Waals surface area contributed by atoms with E-state index < -0.39 is 5.97 Å². The molecule has 1 rings (SSSR count). The summed E-state index contributed by atoms with van der Waals surface area (Å²) in [7, 11) is 0. The Morgan fingerprint density at radius 2 is 2.23 bits per heavy atom. The molecule has 1 aromatic rings. The first-order chi connectivity index (χ1) is 6.15. The number of carboxylic acids is 1. The van der Waals surface area contributed by atoms with E-state index in [2.05, 4.69) is 4.99 Å². The number of carbonyl (C=O) groups excluding carboxylic acids is 1. The predicted octanol–water partition coefficient (Wildman–Crippen LogP) is 1.66. The third-order valence-electron chi connectivity index (χ3n) is 1.61. The van der Waals surface area contributed by atoms with Crippen molar-refractivity contribution in [1.29, 1.82) is 0 Å². The Hall–Kier alpha value is -1.93. The van der Waals surface area contributed by atoms with Gasteiger partial charge in [-0.15, -0.1) is 0 Å². The molecule has 1 aromatic carbocycles. The van der Waals surface area contributed by atoms with Crippen LogP contribution in [0.1, 0.15) is 15.9 Å². The number of hydrogen-bond acceptors (Lipinski definition) is 3. The minimum atomic E-state index is -0.996. The van der Waals surface area contributed by atoms with Gasteiger partial charge in [-0.2, -0.15) is 4.99 Å². The number of nitrogens with zero attached hydrogens (tertiary/aromatic N) is 1. The van der Waals surface area contributed by atoms with E-state index in [0.29, 0.717) is 11.3 Å². The first kappa shape index (κ1) is 9.16. The summed E-state index contributed by atoms with van der Waals surface area (Å²) in [6.45, 7) is 1.68.